The van der Waals surface area contributed by atoms with Crippen LogP contribution in [0.3, 0.4) is 0 Å². The van der Waals surface area contributed by atoms with Crippen LogP contribution in [-0.4, -0.2) is 59.9 Å². The predicted molar refractivity (Wildman–Crippen MR) is 163 cm³/mol. The van der Waals surface area contributed by atoms with Crippen LogP contribution < -0.4 is 19.3 Å². The Labute approximate surface area is 260 Å². The molecule has 0 unspecified atom stereocenters. The second kappa shape index (κ2) is 10.1. The molecule has 6 heterocycles. The third-order valence-electron chi connectivity index (χ3n) is 9.06. The van der Waals surface area contributed by atoms with Gasteiger partial charge in [-0.3, -0.25) is 19.2 Å². The fraction of sp³-hybridized carbons (Fsp3) is 0.250. The number of methoxy groups -OCH3 is 2. The topological polar surface area (TPSA) is 99.7 Å². The first-order chi connectivity index (χ1) is 21.4. The van der Waals surface area contributed by atoms with Crippen LogP contribution in [0.4, 0.5) is 11.4 Å². The number of imide groups is 2. The summed E-state index contributed by atoms with van der Waals surface area (Å²) in [6.07, 6.45) is 0. The maximum Gasteiger partial charge on any atom is 0.253 e. The van der Waals surface area contributed by atoms with Crippen LogP contribution >= 0.6 is 22.7 Å². The summed E-state index contributed by atoms with van der Waals surface area (Å²) in [4.78, 5) is 61.6. The molecule has 4 aromatic rings. The lowest BCUT2D eigenvalue weighted by molar-refractivity contribution is -0.135. The Bertz CT molecular complexity index is 1640. The number of hydrogen-bond acceptors (Lipinski definition) is 10. The molecular weight excluding hydrogens is 601 g/mol. The van der Waals surface area contributed by atoms with Gasteiger partial charge in [-0.2, -0.15) is 0 Å². The molecule has 6 atom stereocenters. The number of anilines is 2. The van der Waals surface area contributed by atoms with Gasteiger partial charge in [-0.1, -0.05) is 12.1 Å². The lowest BCUT2D eigenvalue weighted by atomic mass is 9.88. The minimum atomic E-state index is -0.885. The number of benzene rings is 2. The van der Waals surface area contributed by atoms with E-state index in [1.54, 1.807) is 62.8 Å². The molecule has 4 fully saturated rings. The Hall–Kier alpha value is -4.36. The van der Waals surface area contributed by atoms with Gasteiger partial charge in [-0.05, 0) is 71.4 Å². The molecule has 2 aromatic heterocycles. The molecule has 0 spiro atoms. The molecule has 4 aliphatic rings. The Kier molecular flexibility index (Phi) is 6.24. The minimum Gasteiger partial charge on any atom is -0.497 e. The lowest BCUT2D eigenvalue weighted by Gasteiger charge is -2.35. The number of hydrogen-bond donors (Lipinski definition) is 0. The van der Waals surface area contributed by atoms with Crippen molar-refractivity contribution in [3.05, 3.63) is 93.3 Å². The average Bonchev–Trinajstić information content (AvgIpc) is 3.88. The highest BCUT2D eigenvalue weighted by Gasteiger charge is 2.74. The fourth-order valence-electron chi connectivity index (χ4n) is 7.28. The van der Waals surface area contributed by atoms with Crippen LogP contribution in [0.5, 0.6) is 11.5 Å². The Morgan fingerprint density at radius 3 is 1.23 bits per heavy atom. The third kappa shape index (κ3) is 3.65. The molecule has 10 nitrogen and oxygen atoms in total. The summed E-state index contributed by atoms with van der Waals surface area (Å²) in [6.45, 7) is 0. The molecule has 2 aromatic carbocycles. The number of ether oxygens (including phenoxy) is 2. The third-order valence-corrected chi connectivity index (χ3v) is 10.9. The second-order valence-electron chi connectivity index (χ2n) is 11.0. The SMILES string of the molecule is COc1ccc(N2C(=O)[C@@H]3[C@@H](C2=O)N2[C@H](c4cccs4)[C@@H]4C(=O)N(c5ccc(OC)cc5)C(=O)[C@@H]4N2[C@@H]3c2cccs2)cc1. The normalized spacial score (nSPS) is 28.1. The number of carbonyl (C=O) groups excluding carboxylic acids is 4. The van der Waals surface area contributed by atoms with Crippen molar-refractivity contribution in [2.75, 3.05) is 24.0 Å². The number of nitrogens with zero attached hydrogens (tertiary/aromatic N) is 4. The van der Waals surface area contributed by atoms with E-state index in [1.807, 2.05) is 45.0 Å². The van der Waals surface area contributed by atoms with Crippen LogP contribution in [0.25, 0.3) is 0 Å². The first-order valence-electron chi connectivity index (χ1n) is 14.1. The van der Waals surface area contributed by atoms with Gasteiger partial charge in [0, 0.05) is 9.75 Å². The van der Waals surface area contributed by atoms with Gasteiger partial charge < -0.3 is 9.47 Å². The molecule has 0 aliphatic carbocycles. The van der Waals surface area contributed by atoms with Gasteiger partial charge in [-0.25, -0.2) is 19.8 Å². The molecule has 4 aliphatic heterocycles. The number of carbonyl (C=O) groups is 4. The summed E-state index contributed by atoms with van der Waals surface area (Å²) in [5.41, 5.74) is 0.910. The highest BCUT2D eigenvalue weighted by atomic mass is 32.1. The molecule has 4 amide bonds. The van der Waals surface area contributed by atoms with Crippen molar-refractivity contribution in [1.82, 2.24) is 10.0 Å². The van der Waals surface area contributed by atoms with Crippen molar-refractivity contribution in [2.24, 2.45) is 11.8 Å². The van der Waals surface area contributed by atoms with Crippen molar-refractivity contribution in [2.45, 2.75) is 24.2 Å². The number of thiophene rings is 2. The smallest absolute Gasteiger partial charge is 0.253 e. The fourth-order valence-corrected chi connectivity index (χ4v) is 9.01. The van der Waals surface area contributed by atoms with Gasteiger partial charge in [-0.15, -0.1) is 22.7 Å². The maximum absolute atomic E-state index is 14.4. The average molecular weight is 627 g/mol. The summed E-state index contributed by atoms with van der Waals surface area (Å²) in [5, 5.41) is 7.62. The van der Waals surface area contributed by atoms with Crippen molar-refractivity contribution in [1.29, 1.82) is 0 Å². The lowest BCUT2D eigenvalue weighted by Crippen LogP contribution is -2.50. The van der Waals surface area contributed by atoms with Crippen LogP contribution in [0.2, 0.25) is 0 Å². The van der Waals surface area contributed by atoms with Crippen LogP contribution in [0, 0.1) is 11.8 Å². The molecule has 0 bridgehead atoms. The molecule has 4 saturated heterocycles. The van der Waals surface area contributed by atoms with E-state index in [9.17, 15) is 19.2 Å². The number of hydrazine groups is 1. The first kappa shape index (κ1) is 27.2. The van der Waals surface area contributed by atoms with Gasteiger partial charge in [0.25, 0.3) is 11.8 Å². The van der Waals surface area contributed by atoms with Crippen LogP contribution in [0.15, 0.2) is 83.6 Å². The Balaban J connectivity index is 1.27. The maximum atomic E-state index is 14.4. The van der Waals surface area contributed by atoms with E-state index in [1.165, 1.54) is 32.5 Å². The zero-order valence-corrected chi connectivity index (χ0v) is 25.2. The summed E-state index contributed by atoms with van der Waals surface area (Å²) in [7, 11) is 3.11. The van der Waals surface area contributed by atoms with Crippen molar-refractivity contribution in [3.8, 4) is 11.5 Å². The predicted octanol–water partition coefficient (Wildman–Crippen LogP) is 4.27. The second-order valence-corrected chi connectivity index (χ2v) is 13.0. The highest BCUT2D eigenvalue weighted by Crippen LogP contribution is 2.60. The van der Waals surface area contributed by atoms with Gasteiger partial charge >= 0.3 is 0 Å². The van der Waals surface area contributed by atoms with E-state index >= 15 is 0 Å². The van der Waals surface area contributed by atoms with Gasteiger partial charge in [0.05, 0.1) is 49.5 Å². The van der Waals surface area contributed by atoms with Crippen LogP contribution in [-0.2, 0) is 19.2 Å². The molecule has 222 valence electrons. The van der Waals surface area contributed by atoms with E-state index in [-0.39, 0.29) is 23.6 Å². The monoisotopic (exact) mass is 626 g/mol. The van der Waals surface area contributed by atoms with E-state index < -0.39 is 36.0 Å². The summed E-state index contributed by atoms with van der Waals surface area (Å²) in [6, 6.07) is 18.3. The first-order valence-corrected chi connectivity index (χ1v) is 15.9. The zero-order valence-electron chi connectivity index (χ0n) is 23.6. The highest BCUT2D eigenvalue weighted by molar-refractivity contribution is 7.10. The summed E-state index contributed by atoms with van der Waals surface area (Å²) in [5.74, 6) is -1.73. The zero-order chi connectivity index (χ0) is 30.3. The molecule has 12 heteroatoms. The van der Waals surface area contributed by atoms with E-state index in [2.05, 4.69) is 0 Å². The molecule has 8 rings (SSSR count). The Morgan fingerprint density at radius 1 is 0.523 bits per heavy atom. The standard InChI is InChI=1S/C32H26N4O6S2/c1-41-19-11-7-17(8-12-19)33-29(37)23-25(21-5-3-15-43-21)36-28-24(26(22-6-4-16-44-22)35(36)27(23)31(33)39)30(38)34(32(28)40)18-9-13-20(42-2)14-10-18/h3-16,23-28H,1-2H3/t23-,24-,25+,26+,27-,28+/m0/s1. The van der Waals surface area contributed by atoms with E-state index in [4.69, 9.17) is 9.47 Å². The summed E-state index contributed by atoms with van der Waals surface area (Å²) < 4.78 is 10.6. The summed E-state index contributed by atoms with van der Waals surface area (Å²) >= 11 is 2.94. The minimum absolute atomic E-state index is 0.330. The van der Waals surface area contributed by atoms with Gasteiger partial charge in [0.2, 0.25) is 11.8 Å². The van der Waals surface area contributed by atoms with Crippen molar-refractivity contribution in [3.63, 3.8) is 0 Å². The van der Waals surface area contributed by atoms with E-state index in [0.717, 1.165) is 9.75 Å². The molecule has 0 radical (unpaired) electrons. The van der Waals surface area contributed by atoms with Crippen molar-refractivity contribution >= 4 is 57.7 Å². The van der Waals surface area contributed by atoms with E-state index in [0.29, 0.717) is 22.9 Å². The Morgan fingerprint density at radius 2 is 0.909 bits per heavy atom. The number of fused-ring (bicyclic) bond motifs is 5. The quantitative estimate of drug-likeness (QED) is 0.293. The number of amides is 4. The molecule has 0 saturated carbocycles. The van der Waals surface area contributed by atoms with Gasteiger partial charge in [0.1, 0.15) is 23.6 Å². The largest absolute Gasteiger partial charge is 0.497 e. The van der Waals surface area contributed by atoms with Crippen molar-refractivity contribution < 1.29 is 28.7 Å². The van der Waals surface area contributed by atoms with Gasteiger partial charge in [0.15, 0.2) is 0 Å². The molecular formula is C32H26N4O6S2. The molecule has 0 N–H and O–H groups in total. The molecule has 44 heavy (non-hydrogen) atoms. The number of rotatable bonds is 6. The van der Waals surface area contributed by atoms with Crippen LogP contribution in [0.1, 0.15) is 21.8 Å².